The van der Waals surface area contributed by atoms with Gasteiger partial charge in [-0.05, 0) is 13.8 Å². The third-order valence-electron chi connectivity index (χ3n) is 5.04. The van der Waals surface area contributed by atoms with Crippen molar-refractivity contribution in [1.29, 1.82) is 0 Å². The summed E-state index contributed by atoms with van der Waals surface area (Å²) in [7, 11) is 1.86. The van der Waals surface area contributed by atoms with E-state index in [-0.39, 0.29) is 30.8 Å². The number of hydrogen-bond donors (Lipinski definition) is 1. The van der Waals surface area contributed by atoms with Crippen LogP contribution in [0.2, 0.25) is 0 Å². The monoisotopic (exact) mass is 359 g/mol. The number of aromatic nitrogens is 3. The Morgan fingerprint density at radius 1 is 1.38 bits per heavy atom. The maximum Gasteiger partial charge on any atom is 0.226 e. The summed E-state index contributed by atoms with van der Waals surface area (Å²) in [5, 5.41) is 7.17. The minimum absolute atomic E-state index is 0.00571. The van der Waals surface area contributed by atoms with Crippen molar-refractivity contribution < 1.29 is 14.0 Å². The Bertz CT molecular complexity index is 810. The number of hydrogen-bond acceptors (Lipinski definition) is 5. The van der Waals surface area contributed by atoms with E-state index in [1.165, 1.54) is 0 Å². The summed E-state index contributed by atoms with van der Waals surface area (Å²) in [6.45, 7) is 6.66. The number of nitrogens with zero attached hydrogens (tertiary/aromatic N) is 4. The van der Waals surface area contributed by atoms with Gasteiger partial charge in [0.25, 0.3) is 0 Å². The van der Waals surface area contributed by atoms with Crippen LogP contribution >= 0.6 is 0 Å². The molecule has 1 aliphatic rings. The van der Waals surface area contributed by atoms with Crippen molar-refractivity contribution in [3.8, 4) is 0 Å². The maximum absolute atomic E-state index is 12.8. The summed E-state index contributed by atoms with van der Waals surface area (Å²) in [6.07, 6.45) is 4.29. The minimum Gasteiger partial charge on any atom is -0.444 e. The average molecular weight is 359 g/mol. The molecule has 0 aromatic carbocycles. The molecule has 8 heteroatoms. The molecule has 1 saturated heterocycles. The van der Waals surface area contributed by atoms with Crippen LogP contribution in [-0.2, 0) is 29.6 Å². The molecule has 0 radical (unpaired) electrons. The second-order valence-electron chi connectivity index (χ2n) is 6.54. The van der Waals surface area contributed by atoms with Crippen LogP contribution in [0.4, 0.5) is 0 Å². The molecule has 0 saturated carbocycles. The molecular weight excluding hydrogens is 334 g/mol. The van der Waals surface area contributed by atoms with Gasteiger partial charge in [0.2, 0.25) is 11.8 Å². The molecule has 8 nitrogen and oxygen atoms in total. The van der Waals surface area contributed by atoms with Crippen LogP contribution in [0.3, 0.4) is 0 Å². The molecule has 140 valence electrons. The SMILES string of the molecule is CCc1ncc(CNC(=O)[C@H]2CC(=O)N(CC)[C@@H]2c2cnn(C)c2C)o1. The lowest BCUT2D eigenvalue weighted by Gasteiger charge is -2.26. The first-order valence-electron chi connectivity index (χ1n) is 8.95. The third-order valence-corrected chi connectivity index (χ3v) is 5.04. The van der Waals surface area contributed by atoms with Gasteiger partial charge in [-0.2, -0.15) is 5.10 Å². The number of amides is 2. The van der Waals surface area contributed by atoms with E-state index in [1.54, 1.807) is 22.0 Å². The van der Waals surface area contributed by atoms with E-state index in [1.807, 2.05) is 27.8 Å². The number of aryl methyl sites for hydroxylation is 2. The fourth-order valence-corrected chi connectivity index (χ4v) is 3.49. The predicted molar refractivity (Wildman–Crippen MR) is 93.9 cm³/mol. The van der Waals surface area contributed by atoms with Gasteiger partial charge in [-0.25, -0.2) is 4.98 Å². The molecule has 0 bridgehead atoms. The van der Waals surface area contributed by atoms with Crippen LogP contribution in [0.15, 0.2) is 16.8 Å². The number of carbonyl (C=O) groups excluding carboxylic acids is 2. The summed E-state index contributed by atoms with van der Waals surface area (Å²) in [6, 6.07) is -0.290. The van der Waals surface area contributed by atoms with Crippen LogP contribution < -0.4 is 5.32 Å². The van der Waals surface area contributed by atoms with Gasteiger partial charge in [-0.15, -0.1) is 0 Å². The van der Waals surface area contributed by atoms with Gasteiger partial charge in [0.15, 0.2) is 5.89 Å². The van der Waals surface area contributed by atoms with Crippen LogP contribution in [-0.4, -0.2) is 38.0 Å². The zero-order valence-corrected chi connectivity index (χ0v) is 15.7. The highest BCUT2D eigenvalue weighted by atomic mass is 16.4. The van der Waals surface area contributed by atoms with Gasteiger partial charge in [-0.3, -0.25) is 14.3 Å². The van der Waals surface area contributed by atoms with Crippen molar-refractivity contribution in [3.05, 3.63) is 35.3 Å². The highest BCUT2D eigenvalue weighted by Gasteiger charge is 2.44. The van der Waals surface area contributed by atoms with Gasteiger partial charge < -0.3 is 14.6 Å². The molecule has 3 rings (SSSR count). The molecule has 3 heterocycles. The number of carbonyl (C=O) groups is 2. The van der Waals surface area contributed by atoms with E-state index < -0.39 is 5.92 Å². The van der Waals surface area contributed by atoms with E-state index in [0.29, 0.717) is 24.6 Å². The van der Waals surface area contributed by atoms with E-state index in [4.69, 9.17) is 4.42 Å². The van der Waals surface area contributed by atoms with Crippen LogP contribution in [0, 0.1) is 12.8 Å². The van der Waals surface area contributed by atoms with Crippen LogP contribution in [0.5, 0.6) is 0 Å². The number of rotatable bonds is 6. The minimum atomic E-state index is -0.445. The van der Waals surface area contributed by atoms with E-state index in [2.05, 4.69) is 15.4 Å². The lowest BCUT2D eigenvalue weighted by molar-refractivity contribution is -0.129. The number of likely N-dealkylation sites (tertiary alicyclic amines) is 1. The first kappa shape index (κ1) is 18.2. The van der Waals surface area contributed by atoms with Crippen molar-refractivity contribution >= 4 is 11.8 Å². The highest BCUT2D eigenvalue weighted by Crippen LogP contribution is 2.39. The van der Waals surface area contributed by atoms with Crippen molar-refractivity contribution in [2.75, 3.05) is 6.54 Å². The van der Waals surface area contributed by atoms with E-state index in [0.717, 1.165) is 11.3 Å². The van der Waals surface area contributed by atoms with E-state index >= 15 is 0 Å². The molecule has 2 aromatic heterocycles. The molecule has 0 unspecified atom stereocenters. The van der Waals surface area contributed by atoms with Crippen molar-refractivity contribution in [2.45, 2.75) is 46.2 Å². The maximum atomic E-state index is 12.8. The zero-order chi connectivity index (χ0) is 18.8. The molecule has 0 aliphatic carbocycles. The van der Waals surface area contributed by atoms with Gasteiger partial charge >= 0.3 is 0 Å². The van der Waals surface area contributed by atoms with Gasteiger partial charge in [0, 0.05) is 37.7 Å². The van der Waals surface area contributed by atoms with Crippen LogP contribution in [0.25, 0.3) is 0 Å². The Labute approximate surface area is 152 Å². The second kappa shape index (κ2) is 7.31. The number of nitrogens with one attached hydrogen (secondary N) is 1. The smallest absolute Gasteiger partial charge is 0.226 e. The Hall–Kier alpha value is -2.64. The fourth-order valence-electron chi connectivity index (χ4n) is 3.49. The number of oxazole rings is 1. The Morgan fingerprint density at radius 3 is 2.73 bits per heavy atom. The summed E-state index contributed by atoms with van der Waals surface area (Å²) in [4.78, 5) is 31.1. The van der Waals surface area contributed by atoms with Gasteiger partial charge in [-0.1, -0.05) is 6.92 Å². The van der Waals surface area contributed by atoms with Gasteiger partial charge in [0.1, 0.15) is 5.76 Å². The van der Waals surface area contributed by atoms with Crippen LogP contribution in [0.1, 0.15) is 49.2 Å². The van der Waals surface area contributed by atoms with E-state index in [9.17, 15) is 9.59 Å². The zero-order valence-electron chi connectivity index (χ0n) is 15.7. The molecule has 1 N–H and O–H groups in total. The molecule has 1 aliphatic heterocycles. The molecule has 1 fully saturated rings. The Kier molecular flexibility index (Phi) is 5.11. The van der Waals surface area contributed by atoms with Gasteiger partial charge in [0.05, 0.1) is 30.9 Å². The topological polar surface area (TPSA) is 93.3 Å². The van der Waals surface area contributed by atoms with Crippen molar-refractivity contribution in [1.82, 2.24) is 25.0 Å². The first-order chi connectivity index (χ1) is 12.5. The largest absolute Gasteiger partial charge is 0.444 e. The summed E-state index contributed by atoms with van der Waals surface area (Å²) in [5.41, 5.74) is 1.89. The standard InChI is InChI=1S/C18H25N5O3/c1-5-15-19-8-12(26-15)9-20-18(25)13-7-16(24)23(6-2)17(13)14-10-21-22(4)11(14)3/h8,10,13,17H,5-7,9H2,1-4H3,(H,20,25)/t13-,17-/m0/s1. The normalized spacial score (nSPS) is 20.0. The molecule has 26 heavy (non-hydrogen) atoms. The molecule has 2 amide bonds. The van der Waals surface area contributed by atoms with Crippen molar-refractivity contribution in [2.24, 2.45) is 13.0 Å². The predicted octanol–water partition coefficient (Wildman–Crippen LogP) is 1.50. The summed E-state index contributed by atoms with van der Waals surface area (Å²) in [5.74, 6) is 0.650. The first-order valence-corrected chi connectivity index (χ1v) is 8.95. The molecule has 2 atom stereocenters. The Balaban J connectivity index is 1.78. The van der Waals surface area contributed by atoms with Crippen molar-refractivity contribution in [3.63, 3.8) is 0 Å². The fraction of sp³-hybridized carbons (Fsp3) is 0.556. The lowest BCUT2D eigenvalue weighted by Crippen LogP contribution is -2.35. The Morgan fingerprint density at radius 2 is 2.15 bits per heavy atom. The molecule has 2 aromatic rings. The molecular formula is C18H25N5O3. The second-order valence-corrected chi connectivity index (χ2v) is 6.54. The summed E-state index contributed by atoms with van der Waals surface area (Å²) < 4.78 is 7.29. The highest BCUT2D eigenvalue weighted by molar-refractivity contribution is 5.90. The lowest BCUT2D eigenvalue weighted by atomic mass is 9.93. The summed E-state index contributed by atoms with van der Waals surface area (Å²) >= 11 is 0. The quantitative estimate of drug-likeness (QED) is 0.844. The third kappa shape index (κ3) is 3.23. The molecule has 0 spiro atoms. The average Bonchev–Trinajstić information content (AvgIpc) is 3.31.